The van der Waals surface area contributed by atoms with E-state index in [9.17, 15) is 29.1 Å². The first-order valence-electron chi connectivity index (χ1n) is 16.7. The fraction of sp³-hybridized carbons (Fsp3) is 0.432. The zero-order chi connectivity index (χ0) is 36.6. The molecule has 0 bridgehead atoms. The standard InChI is InChI=1S/C37H50N4O9/c1-4-14-30(22-33(43)39-27(3)23-42)34(44)40-31(20-12-13-21-38-36(46)49-24-28-16-8-6-9-17-28)26-48-35(45)32(15-5-2)41-37(47)50-25-29-18-10-7-11-19-29/h4-11,16-19,27,30-32,42H,1-2,12-15,20-26H2,3H3,(H,38,46)(H,39,43)(H,40,44)(H,41,47)/t27-,30-,31+,32-/m1/s1. The van der Waals surface area contributed by atoms with E-state index in [-0.39, 0.29) is 45.7 Å². The summed E-state index contributed by atoms with van der Waals surface area (Å²) in [5.74, 6) is -2.35. The molecule has 2 aromatic carbocycles. The van der Waals surface area contributed by atoms with Gasteiger partial charge in [-0.25, -0.2) is 14.4 Å². The van der Waals surface area contributed by atoms with Crippen LogP contribution < -0.4 is 21.3 Å². The molecule has 0 aliphatic heterocycles. The number of benzene rings is 2. The number of carbonyl (C=O) groups excluding carboxylic acids is 5. The van der Waals surface area contributed by atoms with Crippen LogP contribution in [0.1, 0.15) is 56.6 Å². The third kappa shape index (κ3) is 17.3. The van der Waals surface area contributed by atoms with E-state index >= 15 is 0 Å². The molecule has 5 N–H and O–H groups in total. The molecule has 0 spiro atoms. The second-order valence-corrected chi connectivity index (χ2v) is 11.7. The summed E-state index contributed by atoms with van der Waals surface area (Å²) in [6.07, 6.45) is 3.21. The van der Waals surface area contributed by atoms with Crippen LogP contribution in [0.3, 0.4) is 0 Å². The molecule has 0 aromatic heterocycles. The molecule has 13 heteroatoms. The van der Waals surface area contributed by atoms with Gasteiger partial charge in [0, 0.05) is 19.0 Å². The first-order chi connectivity index (χ1) is 24.1. The second-order valence-electron chi connectivity index (χ2n) is 11.7. The maximum absolute atomic E-state index is 13.3. The average molecular weight is 695 g/mol. The molecular formula is C37H50N4O9. The number of unbranched alkanes of at least 4 members (excludes halogenated alkanes) is 1. The third-order valence-electron chi connectivity index (χ3n) is 7.36. The smallest absolute Gasteiger partial charge is 0.408 e. The predicted octanol–water partition coefficient (Wildman–Crippen LogP) is 4.06. The van der Waals surface area contributed by atoms with Gasteiger partial charge >= 0.3 is 18.2 Å². The molecule has 0 saturated heterocycles. The second kappa shape index (κ2) is 24.0. The number of nitrogens with one attached hydrogen (secondary N) is 4. The van der Waals surface area contributed by atoms with Gasteiger partial charge in [-0.2, -0.15) is 0 Å². The molecule has 0 unspecified atom stereocenters. The van der Waals surface area contributed by atoms with Crippen LogP contribution in [0, 0.1) is 5.92 Å². The molecule has 0 aliphatic rings. The predicted molar refractivity (Wildman–Crippen MR) is 187 cm³/mol. The van der Waals surface area contributed by atoms with Gasteiger partial charge in [0.05, 0.1) is 18.6 Å². The van der Waals surface area contributed by atoms with Crippen LogP contribution in [0.15, 0.2) is 86.0 Å². The summed E-state index contributed by atoms with van der Waals surface area (Å²) in [5, 5.41) is 20.0. The SMILES string of the molecule is C=CC[C@H](CC(=O)N[C@H](C)CO)C(=O)N[C@@H](CCCCNC(=O)OCc1ccccc1)COC(=O)[C@@H](CC=C)NC(=O)OCc1ccccc1. The summed E-state index contributed by atoms with van der Waals surface area (Å²) in [6, 6.07) is 16.1. The molecule has 0 radical (unpaired) electrons. The summed E-state index contributed by atoms with van der Waals surface area (Å²) in [5.41, 5.74) is 1.64. The van der Waals surface area contributed by atoms with Crippen molar-refractivity contribution in [3.8, 4) is 0 Å². The Morgan fingerprint density at radius 1 is 0.780 bits per heavy atom. The molecule has 0 saturated carbocycles. The van der Waals surface area contributed by atoms with Gasteiger partial charge in [-0.05, 0) is 50.2 Å². The number of esters is 1. The Labute approximate surface area is 293 Å². The highest BCUT2D eigenvalue weighted by Crippen LogP contribution is 2.13. The lowest BCUT2D eigenvalue weighted by molar-refractivity contribution is -0.147. The molecular weight excluding hydrogens is 644 g/mol. The molecule has 0 heterocycles. The molecule has 2 aromatic rings. The Hall–Kier alpha value is -5.17. The Morgan fingerprint density at radius 3 is 1.96 bits per heavy atom. The number of alkyl carbamates (subject to hydrolysis) is 2. The number of rotatable bonds is 23. The van der Waals surface area contributed by atoms with Crippen molar-refractivity contribution in [2.75, 3.05) is 19.8 Å². The minimum Gasteiger partial charge on any atom is -0.462 e. The number of aliphatic hydroxyl groups excluding tert-OH is 1. The van der Waals surface area contributed by atoms with Crippen molar-refractivity contribution in [1.29, 1.82) is 0 Å². The summed E-state index contributed by atoms with van der Waals surface area (Å²) >= 11 is 0. The maximum atomic E-state index is 13.3. The van der Waals surface area contributed by atoms with E-state index in [4.69, 9.17) is 14.2 Å². The van der Waals surface area contributed by atoms with Gasteiger partial charge in [0.2, 0.25) is 11.8 Å². The fourth-order valence-corrected chi connectivity index (χ4v) is 4.66. The van der Waals surface area contributed by atoms with Gasteiger partial charge in [0.25, 0.3) is 0 Å². The van der Waals surface area contributed by atoms with E-state index in [1.807, 2.05) is 48.5 Å². The van der Waals surface area contributed by atoms with Crippen LogP contribution >= 0.6 is 0 Å². The maximum Gasteiger partial charge on any atom is 0.408 e. The van der Waals surface area contributed by atoms with E-state index < -0.39 is 54.0 Å². The Bertz CT molecular complexity index is 1360. The molecule has 4 amide bonds. The van der Waals surface area contributed by atoms with Crippen molar-refractivity contribution in [2.24, 2.45) is 5.92 Å². The summed E-state index contributed by atoms with van der Waals surface area (Å²) in [6.45, 7) is 8.98. The zero-order valence-electron chi connectivity index (χ0n) is 28.6. The number of allylic oxidation sites excluding steroid dienone is 1. The van der Waals surface area contributed by atoms with Crippen molar-refractivity contribution < 1.29 is 43.3 Å². The summed E-state index contributed by atoms with van der Waals surface area (Å²) in [7, 11) is 0. The molecule has 272 valence electrons. The molecule has 50 heavy (non-hydrogen) atoms. The van der Waals surface area contributed by atoms with Crippen molar-refractivity contribution in [3.63, 3.8) is 0 Å². The molecule has 0 fully saturated rings. The Morgan fingerprint density at radius 2 is 1.38 bits per heavy atom. The highest BCUT2D eigenvalue weighted by Gasteiger charge is 2.26. The van der Waals surface area contributed by atoms with Crippen LogP contribution in [0.5, 0.6) is 0 Å². The van der Waals surface area contributed by atoms with Gasteiger partial charge < -0.3 is 40.6 Å². The normalized spacial score (nSPS) is 12.9. The van der Waals surface area contributed by atoms with Crippen LogP contribution in [-0.4, -0.2) is 73.0 Å². The highest BCUT2D eigenvalue weighted by atomic mass is 16.6. The fourth-order valence-electron chi connectivity index (χ4n) is 4.66. The van der Waals surface area contributed by atoms with Crippen LogP contribution in [0.25, 0.3) is 0 Å². The topological polar surface area (TPSA) is 181 Å². The third-order valence-corrected chi connectivity index (χ3v) is 7.36. The van der Waals surface area contributed by atoms with Gasteiger partial charge in [-0.3, -0.25) is 9.59 Å². The lowest BCUT2D eigenvalue weighted by atomic mass is 9.98. The lowest BCUT2D eigenvalue weighted by Crippen LogP contribution is -2.46. The van der Waals surface area contributed by atoms with Crippen molar-refractivity contribution in [2.45, 2.75) is 76.8 Å². The van der Waals surface area contributed by atoms with E-state index in [0.717, 1.165) is 11.1 Å². The number of amides is 4. The number of hydrogen-bond donors (Lipinski definition) is 5. The Kier molecular flexibility index (Phi) is 19.7. The van der Waals surface area contributed by atoms with E-state index in [1.54, 1.807) is 19.1 Å². The van der Waals surface area contributed by atoms with Crippen molar-refractivity contribution >= 4 is 30.0 Å². The minimum absolute atomic E-state index is 0.0129. The molecule has 4 atom stereocenters. The van der Waals surface area contributed by atoms with Crippen molar-refractivity contribution in [1.82, 2.24) is 21.3 Å². The van der Waals surface area contributed by atoms with E-state index in [0.29, 0.717) is 25.8 Å². The van der Waals surface area contributed by atoms with Gasteiger partial charge in [-0.15, -0.1) is 13.2 Å². The van der Waals surface area contributed by atoms with Crippen molar-refractivity contribution in [3.05, 3.63) is 97.1 Å². The van der Waals surface area contributed by atoms with Gasteiger partial charge in [-0.1, -0.05) is 72.8 Å². The molecule has 0 aliphatic carbocycles. The van der Waals surface area contributed by atoms with E-state index in [2.05, 4.69) is 34.4 Å². The number of hydrogen-bond acceptors (Lipinski definition) is 9. The number of carbonyl (C=O) groups is 5. The summed E-state index contributed by atoms with van der Waals surface area (Å²) in [4.78, 5) is 63.4. The first-order valence-corrected chi connectivity index (χ1v) is 16.7. The zero-order valence-corrected chi connectivity index (χ0v) is 28.6. The first kappa shape index (κ1) is 41.0. The monoisotopic (exact) mass is 694 g/mol. The minimum atomic E-state index is -1.08. The van der Waals surface area contributed by atoms with Crippen LogP contribution in [0.4, 0.5) is 9.59 Å². The quantitative estimate of drug-likeness (QED) is 0.0496. The average Bonchev–Trinajstić information content (AvgIpc) is 3.12. The lowest BCUT2D eigenvalue weighted by Gasteiger charge is -2.24. The number of ether oxygens (including phenoxy) is 3. The summed E-state index contributed by atoms with van der Waals surface area (Å²) < 4.78 is 16.0. The van der Waals surface area contributed by atoms with Gasteiger partial charge in [0.15, 0.2) is 0 Å². The molecule has 13 nitrogen and oxygen atoms in total. The Balaban J connectivity index is 1.98. The number of aliphatic hydroxyl groups is 1. The molecule has 2 rings (SSSR count). The van der Waals surface area contributed by atoms with Gasteiger partial charge in [0.1, 0.15) is 25.9 Å². The highest BCUT2D eigenvalue weighted by molar-refractivity contribution is 5.86. The van der Waals surface area contributed by atoms with Crippen LogP contribution in [-0.2, 0) is 41.8 Å². The van der Waals surface area contributed by atoms with Crippen LogP contribution in [0.2, 0.25) is 0 Å². The van der Waals surface area contributed by atoms with E-state index in [1.165, 1.54) is 12.2 Å². The largest absolute Gasteiger partial charge is 0.462 e.